The molecule has 0 aliphatic heterocycles. The number of pyridine rings is 1. The van der Waals surface area contributed by atoms with Crippen LogP contribution in [0, 0.1) is 3.70 Å². The number of nitrogens with zero attached hydrogens (tertiary/aromatic N) is 1. The summed E-state index contributed by atoms with van der Waals surface area (Å²) in [5.41, 5.74) is -0.540. The van der Waals surface area contributed by atoms with Crippen molar-refractivity contribution in [2.24, 2.45) is 0 Å². The van der Waals surface area contributed by atoms with Gasteiger partial charge in [0.1, 0.15) is 3.70 Å². The molecule has 0 aliphatic rings. The minimum Gasteiger partial charge on any atom is -0.477 e. The van der Waals surface area contributed by atoms with E-state index in [0.717, 1.165) is 6.07 Å². The van der Waals surface area contributed by atoms with E-state index in [2.05, 4.69) is 20.9 Å². The lowest BCUT2D eigenvalue weighted by Gasteiger charge is -2.06. The number of halogens is 4. The number of carbonyl (C=O) groups is 1. The first kappa shape index (κ1) is 11.8. The van der Waals surface area contributed by atoms with Crippen molar-refractivity contribution >= 4 is 44.5 Å². The fraction of sp³-hybridized carbons (Fsp3) is 0.143. The van der Waals surface area contributed by atoms with E-state index in [9.17, 15) is 13.6 Å². The first-order valence-electron chi connectivity index (χ1n) is 3.31. The average Bonchev–Trinajstić information content (AvgIpc) is 2.01. The highest BCUT2D eigenvalue weighted by molar-refractivity contribution is 14.1. The van der Waals surface area contributed by atoms with Crippen molar-refractivity contribution in [2.45, 2.75) is 6.43 Å². The quantitative estimate of drug-likeness (QED) is 0.636. The van der Waals surface area contributed by atoms with Gasteiger partial charge >= 0.3 is 5.97 Å². The summed E-state index contributed by atoms with van der Waals surface area (Å²) in [5.74, 6) is -1.25. The maximum absolute atomic E-state index is 12.4. The summed E-state index contributed by atoms with van der Waals surface area (Å²) in [6, 6.07) is 1.06. The van der Waals surface area contributed by atoms with Gasteiger partial charge in [0.2, 0.25) is 0 Å². The van der Waals surface area contributed by atoms with E-state index in [1.165, 1.54) is 0 Å². The van der Waals surface area contributed by atoms with Gasteiger partial charge in [-0.15, -0.1) is 0 Å². The second kappa shape index (κ2) is 4.47. The third-order valence-electron chi connectivity index (χ3n) is 1.40. The molecule has 0 amide bonds. The molecular weight excluding hydrogens is 375 g/mol. The average molecular weight is 378 g/mol. The van der Waals surface area contributed by atoms with Gasteiger partial charge in [0.05, 0.1) is 5.56 Å². The number of alkyl halides is 2. The predicted octanol–water partition coefficient (Wildman–Crippen LogP) is 3.08. The van der Waals surface area contributed by atoms with Crippen LogP contribution in [0.15, 0.2) is 10.5 Å². The van der Waals surface area contributed by atoms with Crippen LogP contribution in [0.5, 0.6) is 0 Å². The van der Waals surface area contributed by atoms with E-state index < -0.39 is 12.4 Å². The standard InChI is InChI=1S/C7H3BrF2INO2/c8-2-1-3(7(13)14)12-6(11)4(2)5(9)10/h1,5H,(H,13,14). The minimum atomic E-state index is -2.67. The van der Waals surface area contributed by atoms with Crippen LogP contribution in [0.1, 0.15) is 22.5 Å². The lowest BCUT2D eigenvalue weighted by molar-refractivity contribution is 0.0689. The van der Waals surface area contributed by atoms with Crippen LogP contribution in [0.25, 0.3) is 0 Å². The van der Waals surface area contributed by atoms with Crippen LogP contribution in [0.2, 0.25) is 0 Å². The summed E-state index contributed by atoms with van der Waals surface area (Å²) in [5, 5.41) is 8.59. The Morgan fingerprint density at radius 2 is 2.21 bits per heavy atom. The van der Waals surface area contributed by atoms with Gasteiger partial charge in [-0.05, 0) is 28.7 Å². The summed E-state index contributed by atoms with van der Waals surface area (Å²) in [7, 11) is 0. The molecule has 1 heterocycles. The first-order chi connectivity index (χ1) is 6.43. The molecule has 7 heteroatoms. The van der Waals surface area contributed by atoms with Crippen molar-refractivity contribution in [1.29, 1.82) is 0 Å². The van der Waals surface area contributed by atoms with Gasteiger partial charge in [0.25, 0.3) is 6.43 Å². The Morgan fingerprint density at radius 3 is 2.57 bits per heavy atom. The van der Waals surface area contributed by atoms with Crippen molar-refractivity contribution < 1.29 is 18.7 Å². The summed E-state index contributed by atoms with van der Waals surface area (Å²) in [6.07, 6.45) is -2.67. The zero-order valence-corrected chi connectivity index (χ0v) is 10.2. The van der Waals surface area contributed by atoms with Crippen molar-refractivity contribution in [3.05, 3.63) is 25.5 Å². The molecule has 0 radical (unpaired) electrons. The molecule has 0 spiro atoms. The van der Waals surface area contributed by atoms with Crippen LogP contribution >= 0.6 is 38.5 Å². The topological polar surface area (TPSA) is 50.2 Å². The Bertz CT molecular complexity index is 363. The number of carboxylic acids is 1. The minimum absolute atomic E-state index is 0.00984. The zero-order valence-electron chi connectivity index (χ0n) is 6.47. The highest BCUT2D eigenvalue weighted by Gasteiger charge is 2.19. The Kier molecular flexibility index (Phi) is 3.76. The van der Waals surface area contributed by atoms with E-state index in [-0.39, 0.29) is 19.4 Å². The summed E-state index contributed by atoms with van der Waals surface area (Å²) in [6.45, 7) is 0. The van der Waals surface area contributed by atoms with Crippen LogP contribution in [-0.4, -0.2) is 16.1 Å². The molecule has 0 saturated carbocycles. The van der Waals surface area contributed by atoms with Crippen LogP contribution < -0.4 is 0 Å². The second-order valence-corrected chi connectivity index (χ2v) is 4.18. The molecule has 76 valence electrons. The van der Waals surface area contributed by atoms with Gasteiger partial charge in [-0.2, -0.15) is 0 Å². The normalized spacial score (nSPS) is 10.6. The van der Waals surface area contributed by atoms with Gasteiger partial charge in [-0.3, -0.25) is 0 Å². The largest absolute Gasteiger partial charge is 0.477 e. The SMILES string of the molecule is O=C(O)c1cc(Br)c(C(F)F)c(I)n1. The molecule has 0 aromatic carbocycles. The van der Waals surface area contributed by atoms with Gasteiger partial charge in [0.15, 0.2) is 5.69 Å². The van der Waals surface area contributed by atoms with Crippen molar-refractivity contribution in [3.63, 3.8) is 0 Å². The van der Waals surface area contributed by atoms with Crippen molar-refractivity contribution in [2.75, 3.05) is 0 Å². The van der Waals surface area contributed by atoms with Gasteiger partial charge in [-0.25, -0.2) is 18.6 Å². The Balaban J connectivity index is 3.32. The predicted molar refractivity (Wildman–Crippen MR) is 56.6 cm³/mol. The molecule has 1 N–H and O–H groups in total. The lowest BCUT2D eigenvalue weighted by atomic mass is 10.2. The highest BCUT2D eigenvalue weighted by Crippen LogP contribution is 2.31. The Morgan fingerprint density at radius 1 is 1.64 bits per heavy atom. The van der Waals surface area contributed by atoms with E-state index >= 15 is 0 Å². The summed E-state index contributed by atoms with van der Waals surface area (Å²) in [4.78, 5) is 14.0. The van der Waals surface area contributed by atoms with Crippen LogP contribution in [0.4, 0.5) is 8.78 Å². The van der Waals surface area contributed by atoms with E-state index in [1.807, 2.05) is 0 Å². The third kappa shape index (κ3) is 2.38. The van der Waals surface area contributed by atoms with E-state index in [0.29, 0.717) is 0 Å². The smallest absolute Gasteiger partial charge is 0.354 e. The molecule has 0 unspecified atom stereocenters. The number of hydrogen-bond acceptors (Lipinski definition) is 2. The first-order valence-corrected chi connectivity index (χ1v) is 5.18. The van der Waals surface area contributed by atoms with Crippen molar-refractivity contribution in [1.82, 2.24) is 4.98 Å². The maximum atomic E-state index is 12.4. The molecule has 0 bridgehead atoms. The monoisotopic (exact) mass is 377 g/mol. The van der Waals surface area contributed by atoms with Gasteiger partial charge in [-0.1, -0.05) is 15.9 Å². The second-order valence-electron chi connectivity index (χ2n) is 2.30. The number of aromatic nitrogens is 1. The zero-order chi connectivity index (χ0) is 10.9. The Labute approximate surface area is 99.8 Å². The Hall–Kier alpha value is -0.310. The van der Waals surface area contributed by atoms with E-state index in [1.54, 1.807) is 22.6 Å². The highest BCUT2D eigenvalue weighted by atomic mass is 127. The molecule has 0 aliphatic carbocycles. The molecule has 1 aromatic rings. The summed E-state index contributed by atoms with van der Waals surface area (Å²) < 4.78 is 24.8. The molecule has 0 atom stereocenters. The molecule has 0 saturated heterocycles. The molecule has 3 nitrogen and oxygen atoms in total. The molecule has 1 rings (SSSR count). The fourth-order valence-corrected chi connectivity index (χ4v) is 2.53. The maximum Gasteiger partial charge on any atom is 0.354 e. The number of hydrogen-bond donors (Lipinski definition) is 1. The number of rotatable bonds is 2. The number of aromatic carboxylic acids is 1. The van der Waals surface area contributed by atoms with E-state index in [4.69, 9.17) is 5.11 Å². The van der Waals surface area contributed by atoms with Gasteiger partial charge in [0, 0.05) is 4.47 Å². The van der Waals surface area contributed by atoms with Gasteiger partial charge < -0.3 is 5.11 Å². The van der Waals surface area contributed by atoms with Crippen LogP contribution in [-0.2, 0) is 0 Å². The lowest BCUT2D eigenvalue weighted by Crippen LogP contribution is -2.05. The molecule has 1 aromatic heterocycles. The van der Waals surface area contributed by atoms with Crippen molar-refractivity contribution in [3.8, 4) is 0 Å². The fourth-order valence-electron chi connectivity index (χ4n) is 0.798. The summed E-state index contributed by atoms with van der Waals surface area (Å²) >= 11 is 4.45. The third-order valence-corrected chi connectivity index (χ3v) is 2.88. The van der Waals surface area contributed by atoms with Crippen LogP contribution in [0.3, 0.4) is 0 Å². The molecular formula is C7H3BrF2INO2. The molecule has 0 fully saturated rings. The number of carboxylic acid groups (broad SMARTS) is 1. The molecule has 14 heavy (non-hydrogen) atoms.